The summed E-state index contributed by atoms with van der Waals surface area (Å²) in [6.07, 6.45) is 1.82. The maximum atomic E-state index is 12.5. The zero-order valence-corrected chi connectivity index (χ0v) is 13.4. The quantitative estimate of drug-likeness (QED) is 0.807. The first-order valence-corrected chi connectivity index (χ1v) is 7.79. The fourth-order valence-corrected chi connectivity index (χ4v) is 2.33. The molecule has 6 heteroatoms. The van der Waals surface area contributed by atoms with Crippen molar-refractivity contribution in [3.63, 3.8) is 0 Å². The van der Waals surface area contributed by atoms with E-state index >= 15 is 0 Å². The third kappa shape index (κ3) is 5.09. The van der Waals surface area contributed by atoms with Gasteiger partial charge in [0.2, 0.25) is 5.91 Å². The molecule has 1 aliphatic rings. The number of amides is 2. The van der Waals surface area contributed by atoms with E-state index in [-0.39, 0.29) is 30.2 Å². The van der Waals surface area contributed by atoms with E-state index in [0.717, 1.165) is 12.8 Å². The minimum absolute atomic E-state index is 0.0285. The van der Waals surface area contributed by atoms with Gasteiger partial charge in [0, 0.05) is 23.7 Å². The average molecular weight is 318 g/mol. The Morgan fingerprint density at radius 3 is 2.57 bits per heavy atom. The first kappa shape index (κ1) is 17.0. The van der Waals surface area contributed by atoms with E-state index in [1.54, 1.807) is 24.3 Å². The number of rotatable bonds is 7. The van der Waals surface area contributed by atoms with Gasteiger partial charge in [-0.05, 0) is 37.0 Å². The van der Waals surface area contributed by atoms with Gasteiger partial charge in [-0.25, -0.2) is 0 Å². The van der Waals surface area contributed by atoms with E-state index in [2.05, 4.69) is 5.32 Å². The second-order valence-corrected chi connectivity index (χ2v) is 6.32. The monoisotopic (exact) mass is 318 g/mol. The highest BCUT2D eigenvalue weighted by atomic mass is 16.4. The van der Waals surface area contributed by atoms with Gasteiger partial charge >= 0.3 is 5.97 Å². The minimum atomic E-state index is -1.04. The first-order chi connectivity index (χ1) is 10.9. The van der Waals surface area contributed by atoms with Crippen LogP contribution in [-0.2, 0) is 9.59 Å². The van der Waals surface area contributed by atoms with Crippen molar-refractivity contribution in [3.05, 3.63) is 29.8 Å². The topological polar surface area (TPSA) is 86.7 Å². The van der Waals surface area contributed by atoms with Crippen LogP contribution in [0.15, 0.2) is 24.3 Å². The molecule has 0 aromatic heterocycles. The van der Waals surface area contributed by atoms with Crippen LogP contribution in [0.1, 0.15) is 37.0 Å². The first-order valence-electron chi connectivity index (χ1n) is 7.79. The second kappa shape index (κ2) is 7.26. The Balaban J connectivity index is 2.12. The van der Waals surface area contributed by atoms with Gasteiger partial charge in [-0.3, -0.25) is 14.4 Å². The molecule has 1 aromatic rings. The molecule has 0 atom stereocenters. The summed E-state index contributed by atoms with van der Waals surface area (Å²) in [7, 11) is 0. The van der Waals surface area contributed by atoms with Gasteiger partial charge in [0.15, 0.2) is 0 Å². The molecular weight excluding hydrogens is 296 g/mol. The molecule has 1 aromatic carbocycles. The number of benzene rings is 1. The van der Waals surface area contributed by atoms with Crippen LogP contribution in [0.4, 0.5) is 5.69 Å². The van der Waals surface area contributed by atoms with Gasteiger partial charge < -0.3 is 15.3 Å². The van der Waals surface area contributed by atoms with E-state index in [1.165, 1.54) is 4.90 Å². The lowest BCUT2D eigenvalue weighted by Crippen LogP contribution is -2.38. The highest BCUT2D eigenvalue weighted by Gasteiger charge is 2.29. The number of carbonyl (C=O) groups excluding carboxylic acids is 2. The van der Waals surface area contributed by atoms with Crippen molar-refractivity contribution in [2.75, 3.05) is 18.4 Å². The molecule has 2 N–H and O–H groups in total. The molecule has 0 spiro atoms. The number of aliphatic carboxylic acids is 1. The number of hydrogen-bond acceptors (Lipinski definition) is 3. The van der Waals surface area contributed by atoms with Crippen LogP contribution in [-0.4, -0.2) is 40.9 Å². The van der Waals surface area contributed by atoms with Crippen molar-refractivity contribution >= 4 is 23.5 Å². The van der Waals surface area contributed by atoms with E-state index in [4.69, 9.17) is 5.11 Å². The zero-order chi connectivity index (χ0) is 17.0. The van der Waals surface area contributed by atoms with Gasteiger partial charge in [-0.2, -0.15) is 0 Å². The van der Waals surface area contributed by atoms with Crippen molar-refractivity contribution < 1.29 is 19.5 Å². The fourth-order valence-electron chi connectivity index (χ4n) is 2.33. The lowest BCUT2D eigenvalue weighted by Gasteiger charge is -2.23. The molecule has 0 saturated heterocycles. The third-order valence-corrected chi connectivity index (χ3v) is 3.52. The van der Waals surface area contributed by atoms with Crippen LogP contribution in [0, 0.1) is 11.8 Å². The van der Waals surface area contributed by atoms with Crippen LogP contribution in [0.25, 0.3) is 0 Å². The van der Waals surface area contributed by atoms with E-state index in [1.807, 2.05) is 13.8 Å². The number of carbonyl (C=O) groups is 3. The fraction of sp³-hybridized carbons (Fsp3) is 0.471. The second-order valence-electron chi connectivity index (χ2n) is 6.32. The standard InChI is InChI=1S/C17H22N2O4/c1-11(2)9-19(10-15(20)21)17(23)13-4-3-5-14(8-13)18-16(22)12-6-7-12/h3-5,8,11-12H,6-7,9-10H2,1-2H3,(H,18,22)(H,20,21). The Hall–Kier alpha value is -2.37. The van der Waals surface area contributed by atoms with Crippen molar-refractivity contribution in [1.29, 1.82) is 0 Å². The van der Waals surface area contributed by atoms with E-state index < -0.39 is 5.97 Å². The summed E-state index contributed by atoms with van der Waals surface area (Å²) in [6, 6.07) is 6.63. The minimum Gasteiger partial charge on any atom is -0.480 e. The number of hydrogen-bond donors (Lipinski definition) is 2. The summed E-state index contributed by atoms with van der Waals surface area (Å²) in [6.45, 7) is 3.88. The van der Waals surface area contributed by atoms with E-state index in [0.29, 0.717) is 17.8 Å². The Bertz CT molecular complexity index is 608. The smallest absolute Gasteiger partial charge is 0.323 e. The van der Waals surface area contributed by atoms with Crippen molar-refractivity contribution in [2.45, 2.75) is 26.7 Å². The molecule has 6 nitrogen and oxygen atoms in total. The largest absolute Gasteiger partial charge is 0.480 e. The summed E-state index contributed by atoms with van der Waals surface area (Å²) in [5.41, 5.74) is 0.938. The number of nitrogens with zero attached hydrogens (tertiary/aromatic N) is 1. The van der Waals surface area contributed by atoms with Gasteiger partial charge in [0.05, 0.1) is 0 Å². The van der Waals surface area contributed by atoms with Crippen LogP contribution in [0.3, 0.4) is 0 Å². The average Bonchev–Trinajstić information content (AvgIpc) is 3.29. The maximum absolute atomic E-state index is 12.5. The van der Waals surface area contributed by atoms with Crippen LogP contribution in [0.5, 0.6) is 0 Å². The van der Waals surface area contributed by atoms with Crippen molar-refractivity contribution in [3.8, 4) is 0 Å². The molecule has 0 unspecified atom stereocenters. The van der Waals surface area contributed by atoms with Crippen LogP contribution >= 0.6 is 0 Å². The number of nitrogens with one attached hydrogen (secondary N) is 1. The molecule has 2 amide bonds. The Morgan fingerprint density at radius 2 is 2.00 bits per heavy atom. The van der Waals surface area contributed by atoms with Gasteiger partial charge in [-0.1, -0.05) is 19.9 Å². The molecule has 0 aliphatic heterocycles. The molecule has 23 heavy (non-hydrogen) atoms. The van der Waals surface area contributed by atoms with Gasteiger partial charge in [0.1, 0.15) is 6.54 Å². The molecule has 0 radical (unpaired) electrons. The normalized spacial score (nSPS) is 13.7. The molecule has 1 fully saturated rings. The van der Waals surface area contributed by atoms with Crippen molar-refractivity contribution in [2.24, 2.45) is 11.8 Å². The van der Waals surface area contributed by atoms with Crippen LogP contribution < -0.4 is 5.32 Å². The number of anilines is 1. The Morgan fingerprint density at radius 1 is 1.30 bits per heavy atom. The molecule has 0 heterocycles. The molecule has 124 valence electrons. The summed E-state index contributed by atoms with van der Waals surface area (Å²) in [5.74, 6) is -1.17. The molecule has 1 aliphatic carbocycles. The summed E-state index contributed by atoms with van der Waals surface area (Å²) in [5, 5.41) is 11.8. The van der Waals surface area contributed by atoms with Crippen molar-refractivity contribution in [1.82, 2.24) is 4.90 Å². The Kier molecular flexibility index (Phi) is 5.36. The third-order valence-electron chi connectivity index (χ3n) is 3.52. The lowest BCUT2D eigenvalue weighted by atomic mass is 10.1. The maximum Gasteiger partial charge on any atom is 0.323 e. The Labute approximate surface area is 135 Å². The lowest BCUT2D eigenvalue weighted by molar-refractivity contribution is -0.137. The summed E-state index contributed by atoms with van der Waals surface area (Å²) < 4.78 is 0. The highest BCUT2D eigenvalue weighted by Crippen LogP contribution is 2.30. The molecule has 2 rings (SSSR count). The zero-order valence-electron chi connectivity index (χ0n) is 13.4. The number of carboxylic acid groups (broad SMARTS) is 1. The predicted molar refractivity (Wildman–Crippen MR) is 86.2 cm³/mol. The molecule has 1 saturated carbocycles. The summed E-state index contributed by atoms with van der Waals surface area (Å²) in [4.78, 5) is 36.6. The molecular formula is C17H22N2O4. The van der Waals surface area contributed by atoms with Gasteiger partial charge in [0.25, 0.3) is 5.91 Å². The molecule has 0 bridgehead atoms. The highest BCUT2D eigenvalue weighted by molar-refractivity contribution is 5.99. The SMILES string of the molecule is CC(C)CN(CC(=O)O)C(=O)c1cccc(NC(=O)C2CC2)c1. The summed E-state index contributed by atoms with van der Waals surface area (Å²) >= 11 is 0. The number of carboxylic acids is 1. The van der Waals surface area contributed by atoms with Gasteiger partial charge in [-0.15, -0.1) is 0 Å². The predicted octanol–water partition coefficient (Wildman–Crippen LogP) is 2.22. The van der Waals surface area contributed by atoms with Crippen LogP contribution in [0.2, 0.25) is 0 Å². The van der Waals surface area contributed by atoms with E-state index in [9.17, 15) is 14.4 Å².